The van der Waals surface area contributed by atoms with E-state index in [4.69, 9.17) is 4.74 Å². The summed E-state index contributed by atoms with van der Waals surface area (Å²) in [5, 5.41) is 0.792. The van der Waals surface area contributed by atoms with E-state index in [1.165, 1.54) is 23.0 Å². The van der Waals surface area contributed by atoms with E-state index in [0.717, 1.165) is 42.7 Å². The Balaban J connectivity index is 1.42. The van der Waals surface area contributed by atoms with Gasteiger partial charge in [-0.25, -0.2) is 0 Å². The first kappa shape index (κ1) is 20.3. The zero-order chi connectivity index (χ0) is 20.9. The van der Waals surface area contributed by atoms with Crippen LogP contribution in [0.2, 0.25) is 0 Å². The summed E-state index contributed by atoms with van der Waals surface area (Å²) in [6.07, 6.45) is 3.57. The molecule has 0 N–H and O–H groups in total. The quantitative estimate of drug-likeness (QED) is 0.533. The SMILES string of the molecule is C=CCOc1ccccc1C=C1SC(N2CCN(c3ccccc3C)CC2)=NC1=O. The Bertz CT molecular complexity index is 1010. The van der Waals surface area contributed by atoms with Gasteiger partial charge in [0.25, 0.3) is 5.91 Å². The van der Waals surface area contributed by atoms with Gasteiger partial charge in [0.2, 0.25) is 0 Å². The smallest absolute Gasteiger partial charge is 0.286 e. The molecule has 0 bridgehead atoms. The zero-order valence-electron chi connectivity index (χ0n) is 17.1. The van der Waals surface area contributed by atoms with Crippen LogP contribution in [-0.4, -0.2) is 48.8 Å². The summed E-state index contributed by atoms with van der Waals surface area (Å²) in [5.41, 5.74) is 3.44. The Morgan fingerprint density at radius 3 is 2.53 bits per heavy atom. The highest BCUT2D eigenvalue weighted by Gasteiger charge is 2.29. The predicted molar refractivity (Wildman–Crippen MR) is 125 cm³/mol. The van der Waals surface area contributed by atoms with Gasteiger partial charge in [0.1, 0.15) is 12.4 Å². The molecule has 0 unspecified atom stereocenters. The number of benzene rings is 2. The number of rotatable bonds is 5. The van der Waals surface area contributed by atoms with Crippen LogP contribution in [0, 0.1) is 6.92 Å². The minimum atomic E-state index is -0.185. The largest absolute Gasteiger partial charge is 0.489 e. The molecule has 0 aliphatic carbocycles. The van der Waals surface area contributed by atoms with Crippen LogP contribution in [-0.2, 0) is 4.79 Å². The zero-order valence-corrected chi connectivity index (χ0v) is 17.9. The van der Waals surface area contributed by atoms with Gasteiger partial charge in [-0.05, 0) is 42.5 Å². The van der Waals surface area contributed by atoms with Crippen LogP contribution in [0.4, 0.5) is 5.69 Å². The maximum absolute atomic E-state index is 12.5. The monoisotopic (exact) mass is 419 g/mol. The maximum Gasteiger partial charge on any atom is 0.286 e. The van der Waals surface area contributed by atoms with Crippen molar-refractivity contribution in [2.45, 2.75) is 6.92 Å². The molecule has 2 aromatic carbocycles. The topological polar surface area (TPSA) is 45.1 Å². The molecule has 1 saturated heterocycles. The van der Waals surface area contributed by atoms with Gasteiger partial charge in [0.05, 0.1) is 4.91 Å². The first-order valence-electron chi connectivity index (χ1n) is 10.1. The molecule has 1 fully saturated rings. The number of piperazine rings is 1. The molecule has 0 aromatic heterocycles. The highest BCUT2D eigenvalue weighted by molar-refractivity contribution is 8.18. The second-order valence-corrected chi connectivity index (χ2v) is 8.22. The number of hydrogen-bond donors (Lipinski definition) is 0. The Kier molecular flexibility index (Phi) is 6.23. The number of aryl methyl sites for hydroxylation is 1. The summed E-state index contributed by atoms with van der Waals surface area (Å²) in [6, 6.07) is 16.2. The molecule has 0 spiro atoms. The summed E-state index contributed by atoms with van der Waals surface area (Å²) in [5.74, 6) is 0.549. The molecule has 4 rings (SSSR count). The lowest BCUT2D eigenvalue weighted by atomic mass is 10.1. The second-order valence-electron chi connectivity index (χ2n) is 7.21. The number of ether oxygens (including phenoxy) is 1. The summed E-state index contributed by atoms with van der Waals surface area (Å²) < 4.78 is 5.70. The Labute approximate surface area is 181 Å². The molecule has 2 aliphatic rings. The number of carbonyl (C=O) groups excluding carboxylic acids is 1. The number of thioether (sulfide) groups is 1. The fourth-order valence-electron chi connectivity index (χ4n) is 3.61. The Morgan fingerprint density at radius 2 is 1.77 bits per heavy atom. The van der Waals surface area contributed by atoms with Crippen molar-refractivity contribution in [3.8, 4) is 5.75 Å². The molecule has 0 saturated carbocycles. The summed E-state index contributed by atoms with van der Waals surface area (Å²) in [6.45, 7) is 9.77. The molecule has 2 aromatic rings. The number of hydrogen-bond acceptors (Lipinski definition) is 5. The number of nitrogens with zero attached hydrogens (tertiary/aromatic N) is 3. The van der Waals surface area contributed by atoms with Crippen LogP contribution in [0.3, 0.4) is 0 Å². The molecule has 154 valence electrons. The first-order chi connectivity index (χ1) is 14.7. The van der Waals surface area contributed by atoms with E-state index >= 15 is 0 Å². The highest BCUT2D eigenvalue weighted by atomic mass is 32.2. The number of para-hydroxylation sites is 2. The lowest BCUT2D eigenvalue weighted by Crippen LogP contribution is -2.48. The summed E-state index contributed by atoms with van der Waals surface area (Å²) >= 11 is 1.45. The van der Waals surface area contributed by atoms with Crippen molar-refractivity contribution in [2.75, 3.05) is 37.7 Å². The van der Waals surface area contributed by atoms with Crippen LogP contribution in [0.15, 0.2) is 71.1 Å². The lowest BCUT2D eigenvalue weighted by molar-refractivity contribution is -0.113. The van der Waals surface area contributed by atoms with Gasteiger partial charge < -0.3 is 14.5 Å². The van der Waals surface area contributed by atoms with Gasteiger partial charge >= 0.3 is 0 Å². The predicted octanol–water partition coefficient (Wildman–Crippen LogP) is 4.35. The van der Waals surface area contributed by atoms with E-state index in [1.807, 2.05) is 30.3 Å². The average Bonchev–Trinajstić information content (AvgIpc) is 3.14. The number of aliphatic imine (C=N–C) groups is 1. The van der Waals surface area contributed by atoms with Crippen LogP contribution < -0.4 is 9.64 Å². The Morgan fingerprint density at radius 1 is 1.07 bits per heavy atom. The van der Waals surface area contributed by atoms with Crippen molar-refractivity contribution < 1.29 is 9.53 Å². The van der Waals surface area contributed by atoms with Crippen molar-refractivity contribution in [1.82, 2.24) is 4.90 Å². The fraction of sp³-hybridized carbons (Fsp3) is 0.250. The maximum atomic E-state index is 12.5. The summed E-state index contributed by atoms with van der Waals surface area (Å²) in [7, 11) is 0. The van der Waals surface area contributed by atoms with Crippen LogP contribution in [0.5, 0.6) is 5.75 Å². The molecular formula is C24H25N3O2S. The van der Waals surface area contributed by atoms with Crippen LogP contribution >= 0.6 is 11.8 Å². The van der Waals surface area contributed by atoms with Crippen LogP contribution in [0.1, 0.15) is 11.1 Å². The van der Waals surface area contributed by atoms with Crippen molar-refractivity contribution in [1.29, 1.82) is 0 Å². The minimum Gasteiger partial charge on any atom is -0.489 e. The van der Waals surface area contributed by atoms with Crippen molar-refractivity contribution >= 4 is 34.6 Å². The van der Waals surface area contributed by atoms with Gasteiger partial charge in [-0.1, -0.05) is 49.1 Å². The molecule has 0 radical (unpaired) electrons. The van der Waals surface area contributed by atoms with Gasteiger partial charge in [-0.15, -0.1) is 0 Å². The molecular weight excluding hydrogens is 394 g/mol. The normalized spacial score (nSPS) is 18.0. The molecule has 0 atom stereocenters. The third-order valence-corrected chi connectivity index (χ3v) is 6.22. The van der Waals surface area contributed by atoms with Gasteiger partial charge in [-0.3, -0.25) is 4.79 Å². The van der Waals surface area contributed by atoms with Gasteiger partial charge in [0, 0.05) is 37.4 Å². The number of amides is 1. The van der Waals surface area contributed by atoms with Crippen LogP contribution in [0.25, 0.3) is 6.08 Å². The molecule has 5 nitrogen and oxygen atoms in total. The molecule has 1 amide bonds. The third-order valence-electron chi connectivity index (χ3n) is 5.18. The third kappa shape index (κ3) is 4.44. The van der Waals surface area contributed by atoms with E-state index < -0.39 is 0 Å². The minimum absolute atomic E-state index is 0.185. The second kappa shape index (κ2) is 9.22. The molecule has 30 heavy (non-hydrogen) atoms. The van der Waals surface area contributed by atoms with E-state index in [-0.39, 0.29) is 5.91 Å². The van der Waals surface area contributed by atoms with Crippen molar-refractivity contribution in [3.05, 3.63) is 77.2 Å². The lowest BCUT2D eigenvalue weighted by Gasteiger charge is -2.37. The van der Waals surface area contributed by atoms with Gasteiger partial charge in [0.15, 0.2) is 5.17 Å². The van der Waals surface area contributed by atoms with Crippen molar-refractivity contribution in [3.63, 3.8) is 0 Å². The Hall–Kier alpha value is -2.99. The number of carbonyl (C=O) groups is 1. The number of anilines is 1. The van der Waals surface area contributed by atoms with E-state index in [9.17, 15) is 4.79 Å². The average molecular weight is 420 g/mol. The standard InChI is InChI=1S/C24H25N3O2S/c1-3-16-29-21-11-7-5-9-19(21)17-22-23(28)25-24(30-22)27-14-12-26(13-15-27)20-10-6-4-8-18(20)2/h3-11,17H,1,12-16H2,2H3. The van der Waals surface area contributed by atoms with E-state index in [2.05, 4.69) is 52.6 Å². The highest BCUT2D eigenvalue weighted by Crippen LogP contribution is 2.33. The number of amidine groups is 1. The summed E-state index contributed by atoms with van der Waals surface area (Å²) in [4.78, 5) is 22.1. The van der Waals surface area contributed by atoms with Gasteiger partial charge in [-0.2, -0.15) is 4.99 Å². The molecule has 2 aliphatic heterocycles. The fourth-order valence-corrected chi connectivity index (χ4v) is 4.57. The van der Waals surface area contributed by atoms with E-state index in [0.29, 0.717) is 11.5 Å². The first-order valence-corrected chi connectivity index (χ1v) is 10.9. The van der Waals surface area contributed by atoms with E-state index in [1.54, 1.807) is 6.08 Å². The van der Waals surface area contributed by atoms with Crippen molar-refractivity contribution in [2.24, 2.45) is 4.99 Å². The molecule has 2 heterocycles. The molecule has 6 heteroatoms.